The van der Waals surface area contributed by atoms with Gasteiger partial charge in [0.25, 0.3) is 11.8 Å². The first-order chi connectivity index (χ1) is 13.4. The van der Waals surface area contributed by atoms with Crippen molar-refractivity contribution >= 4 is 11.8 Å². The molecule has 0 aromatic heterocycles. The van der Waals surface area contributed by atoms with Crippen LogP contribution in [0, 0.1) is 13.8 Å². The second kappa shape index (κ2) is 10.2. The Bertz CT molecular complexity index is 813. The Hall–Kier alpha value is -3.22. The van der Waals surface area contributed by atoms with Crippen LogP contribution in [0.15, 0.2) is 36.4 Å². The van der Waals surface area contributed by atoms with Crippen molar-refractivity contribution in [3.8, 4) is 17.2 Å². The molecule has 0 saturated heterocycles. The highest BCUT2D eigenvalue weighted by molar-refractivity contribution is 5.95. The molecule has 0 radical (unpaired) electrons. The summed E-state index contributed by atoms with van der Waals surface area (Å²) in [5.74, 6) is 1.22. The number of carbonyl (C=O) groups excluding carboxylic acids is 2. The number of aryl methyl sites for hydroxylation is 1. The molecule has 2 aromatic rings. The van der Waals surface area contributed by atoms with Gasteiger partial charge in [0, 0.05) is 24.7 Å². The van der Waals surface area contributed by atoms with Crippen LogP contribution >= 0.6 is 0 Å². The van der Waals surface area contributed by atoms with Gasteiger partial charge in [0.05, 0.1) is 14.2 Å². The van der Waals surface area contributed by atoms with E-state index in [1.165, 1.54) is 14.2 Å². The Kier molecular flexibility index (Phi) is 7.68. The molecular formula is C21H26N2O5. The normalized spacial score (nSPS) is 10.1. The van der Waals surface area contributed by atoms with Crippen molar-refractivity contribution in [2.24, 2.45) is 0 Å². The summed E-state index contributed by atoms with van der Waals surface area (Å²) in [6, 6.07) is 10.6. The standard InChI is InChI=1S/C21H26N2O5/c1-14-6-5-7-19(15(14)2)28-13-20(24)22-8-9-23-21(25)16-10-17(26-3)12-18(11-16)27-4/h5-7,10-12H,8-9,13H2,1-4H3,(H,22,24)(H,23,25). The summed E-state index contributed by atoms with van der Waals surface area (Å²) in [6.07, 6.45) is 0. The summed E-state index contributed by atoms with van der Waals surface area (Å²) >= 11 is 0. The number of benzene rings is 2. The predicted molar refractivity (Wildman–Crippen MR) is 106 cm³/mol. The second-order valence-corrected chi connectivity index (χ2v) is 6.19. The highest BCUT2D eigenvalue weighted by atomic mass is 16.5. The smallest absolute Gasteiger partial charge is 0.258 e. The molecule has 7 nitrogen and oxygen atoms in total. The average Bonchev–Trinajstić information content (AvgIpc) is 2.71. The maximum absolute atomic E-state index is 12.2. The molecule has 0 aliphatic carbocycles. The zero-order valence-electron chi connectivity index (χ0n) is 16.6. The summed E-state index contributed by atoms with van der Waals surface area (Å²) in [5.41, 5.74) is 2.53. The van der Waals surface area contributed by atoms with E-state index in [1.807, 2.05) is 32.0 Å². The van der Waals surface area contributed by atoms with Crippen LogP contribution in [0.1, 0.15) is 21.5 Å². The van der Waals surface area contributed by atoms with Gasteiger partial charge in [-0.25, -0.2) is 0 Å². The molecule has 2 rings (SSSR count). The number of nitrogens with one attached hydrogen (secondary N) is 2. The highest BCUT2D eigenvalue weighted by Crippen LogP contribution is 2.22. The van der Waals surface area contributed by atoms with Gasteiger partial charge in [-0.1, -0.05) is 12.1 Å². The van der Waals surface area contributed by atoms with E-state index in [-0.39, 0.29) is 25.0 Å². The zero-order valence-corrected chi connectivity index (χ0v) is 16.6. The molecule has 150 valence electrons. The molecule has 2 aromatic carbocycles. The van der Waals surface area contributed by atoms with E-state index in [0.717, 1.165) is 11.1 Å². The topological polar surface area (TPSA) is 85.9 Å². The van der Waals surface area contributed by atoms with E-state index in [2.05, 4.69) is 10.6 Å². The van der Waals surface area contributed by atoms with Crippen molar-refractivity contribution in [1.29, 1.82) is 0 Å². The molecule has 28 heavy (non-hydrogen) atoms. The minimum absolute atomic E-state index is 0.0781. The summed E-state index contributed by atoms with van der Waals surface area (Å²) < 4.78 is 15.9. The quantitative estimate of drug-likeness (QED) is 0.646. The summed E-state index contributed by atoms with van der Waals surface area (Å²) in [5, 5.41) is 5.45. The van der Waals surface area contributed by atoms with E-state index in [9.17, 15) is 9.59 Å². The van der Waals surface area contributed by atoms with Crippen molar-refractivity contribution in [2.45, 2.75) is 13.8 Å². The molecule has 0 saturated carbocycles. The molecule has 2 N–H and O–H groups in total. The fourth-order valence-corrected chi connectivity index (χ4v) is 2.49. The first-order valence-electron chi connectivity index (χ1n) is 8.91. The van der Waals surface area contributed by atoms with Gasteiger partial charge in [-0.05, 0) is 43.2 Å². The van der Waals surface area contributed by atoms with Crippen LogP contribution in [-0.2, 0) is 4.79 Å². The SMILES string of the molecule is COc1cc(OC)cc(C(=O)NCCNC(=O)COc2cccc(C)c2C)c1. The molecule has 0 unspecified atom stereocenters. The van der Waals surface area contributed by atoms with Crippen molar-refractivity contribution in [3.63, 3.8) is 0 Å². The Balaban J connectivity index is 1.75. The molecule has 0 atom stereocenters. The highest BCUT2D eigenvalue weighted by Gasteiger charge is 2.10. The van der Waals surface area contributed by atoms with Crippen molar-refractivity contribution in [3.05, 3.63) is 53.1 Å². The third kappa shape index (κ3) is 5.90. The Morgan fingerprint density at radius 1 is 0.929 bits per heavy atom. The van der Waals surface area contributed by atoms with Gasteiger partial charge >= 0.3 is 0 Å². The second-order valence-electron chi connectivity index (χ2n) is 6.19. The Morgan fingerprint density at radius 3 is 2.21 bits per heavy atom. The van der Waals surface area contributed by atoms with Gasteiger partial charge in [-0.15, -0.1) is 0 Å². The molecule has 0 fully saturated rings. The summed E-state index contributed by atoms with van der Waals surface area (Å²) in [7, 11) is 3.04. The number of ether oxygens (including phenoxy) is 3. The lowest BCUT2D eigenvalue weighted by Gasteiger charge is -2.12. The van der Waals surface area contributed by atoms with Crippen molar-refractivity contribution in [1.82, 2.24) is 10.6 Å². The number of hydrogen-bond donors (Lipinski definition) is 2. The van der Waals surface area contributed by atoms with Crippen LogP contribution in [0.3, 0.4) is 0 Å². The maximum Gasteiger partial charge on any atom is 0.258 e. The average molecular weight is 386 g/mol. The summed E-state index contributed by atoms with van der Waals surface area (Å²) in [6.45, 7) is 4.44. The number of methoxy groups -OCH3 is 2. The number of carbonyl (C=O) groups is 2. The van der Waals surface area contributed by atoms with Crippen molar-refractivity contribution < 1.29 is 23.8 Å². The van der Waals surface area contributed by atoms with Gasteiger partial charge in [-0.2, -0.15) is 0 Å². The first kappa shape index (κ1) is 21.1. The summed E-state index contributed by atoms with van der Waals surface area (Å²) in [4.78, 5) is 24.2. The van der Waals surface area contributed by atoms with Crippen LogP contribution in [0.4, 0.5) is 0 Å². The van der Waals surface area contributed by atoms with E-state index in [4.69, 9.17) is 14.2 Å². The molecule has 0 aliphatic heterocycles. The van der Waals surface area contributed by atoms with Gasteiger partial charge in [0.1, 0.15) is 17.2 Å². The van der Waals surface area contributed by atoms with Crippen LogP contribution in [0.25, 0.3) is 0 Å². The lowest BCUT2D eigenvalue weighted by molar-refractivity contribution is -0.123. The van der Waals surface area contributed by atoms with E-state index < -0.39 is 0 Å². The lowest BCUT2D eigenvalue weighted by Crippen LogP contribution is -2.36. The zero-order chi connectivity index (χ0) is 20.5. The maximum atomic E-state index is 12.2. The first-order valence-corrected chi connectivity index (χ1v) is 8.91. The predicted octanol–water partition coefficient (Wildman–Crippen LogP) is 2.25. The lowest BCUT2D eigenvalue weighted by atomic mass is 10.1. The Morgan fingerprint density at radius 2 is 1.57 bits per heavy atom. The molecule has 0 aliphatic rings. The van der Waals surface area contributed by atoms with Crippen molar-refractivity contribution in [2.75, 3.05) is 33.9 Å². The van der Waals surface area contributed by atoms with Crippen LogP contribution < -0.4 is 24.8 Å². The van der Waals surface area contributed by atoms with Crippen LogP contribution in [0.2, 0.25) is 0 Å². The van der Waals surface area contributed by atoms with E-state index >= 15 is 0 Å². The third-order valence-corrected chi connectivity index (χ3v) is 4.26. The molecule has 2 amide bonds. The van der Waals surface area contributed by atoms with Crippen LogP contribution in [-0.4, -0.2) is 45.7 Å². The van der Waals surface area contributed by atoms with E-state index in [1.54, 1.807) is 18.2 Å². The monoisotopic (exact) mass is 386 g/mol. The Labute approximate surface area is 165 Å². The molecule has 0 spiro atoms. The molecule has 0 bridgehead atoms. The largest absolute Gasteiger partial charge is 0.497 e. The number of rotatable bonds is 9. The van der Waals surface area contributed by atoms with Crippen LogP contribution in [0.5, 0.6) is 17.2 Å². The minimum Gasteiger partial charge on any atom is -0.497 e. The molecular weight excluding hydrogens is 360 g/mol. The van der Waals surface area contributed by atoms with Gasteiger partial charge in [0.2, 0.25) is 0 Å². The van der Waals surface area contributed by atoms with Gasteiger partial charge in [0.15, 0.2) is 6.61 Å². The number of hydrogen-bond acceptors (Lipinski definition) is 5. The molecule has 0 heterocycles. The van der Waals surface area contributed by atoms with Gasteiger partial charge in [-0.3, -0.25) is 9.59 Å². The van der Waals surface area contributed by atoms with Gasteiger partial charge < -0.3 is 24.8 Å². The van der Waals surface area contributed by atoms with E-state index in [0.29, 0.717) is 29.4 Å². The fourth-order valence-electron chi connectivity index (χ4n) is 2.49. The molecule has 7 heteroatoms. The third-order valence-electron chi connectivity index (χ3n) is 4.26. The fraction of sp³-hybridized carbons (Fsp3) is 0.333. The number of amides is 2. The minimum atomic E-state index is -0.280.